The molecule has 0 saturated carbocycles. The monoisotopic (exact) mass is 174 g/mol. The van der Waals surface area contributed by atoms with Gasteiger partial charge in [-0.3, -0.25) is 9.69 Å². The minimum absolute atomic E-state index is 0.0259. The van der Waals surface area contributed by atoms with Gasteiger partial charge in [-0.2, -0.15) is 0 Å². The first-order valence-corrected chi connectivity index (χ1v) is 4.15. The van der Waals surface area contributed by atoms with E-state index in [0.29, 0.717) is 13.1 Å². The van der Waals surface area contributed by atoms with E-state index < -0.39 is 0 Å². The molecule has 0 saturated heterocycles. The van der Waals surface area contributed by atoms with Gasteiger partial charge in [0.1, 0.15) is 0 Å². The lowest BCUT2D eigenvalue weighted by Crippen LogP contribution is -2.37. The normalized spacial score (nSPS) is 10.4. The van der Waals surface area contributed by atoms with Crippen LogP contribution in [0.5, 0.6) is 0 Å². The standard InChI is InChI=1S/C8H18N2O2/c1-4-9(2)7-8(12)10(3)5-6-11/h11H,4-7H2,1-3H3. The van der Waals surface area contributed by atoms with Crippen molar-refractivity contribution in [3.8, 4) is 0 Å². The molecule has 0 fully saturated rings. The van der Waals surface area contributed by atoms with Gasteiger partial charge < -0.3 is 10.0 Å². The van der Waals surface area contributed by atoms with Crippen LogP contribution in [-0.4, -0.2) is 61.2 Å². The zero-order valence-corrected chi connectivity index (χ0v) is 8.08. The first-order valence-electron chi connectivity index (χ1n) is 4.15. The van der Waals surface area contributed by atoms with E-state index in [9.17, 15) is 4.79 Å². The number of hydrogen-bond acceptors (Lipinski definition) is 3. The fourth-order valence-electron chi connectivity index (χ4n) is 0.738. The molecule has 4 heteroatoms. The smallest absolute Gasteiger partial charge is 0.236 e. The van der Waals surface area contributed by atoms with E-state index in [-0.39, 0.29) is 12.5 Å². The molecule has 0 aromatic rings. The second-order valence-electron chi connectivity index (χ2n) is 2.87. The van der Waals surface area contributed by atoms with Crippen LogP contribution in [0.25, 0.3) is 0 Å². The average molecular weight is 174 g/mol. The van der Waals surface area contributed by atoms with Gasteiger partial charge >= 0.3 is 0 Å². The molecule has 0 aromatic heterocycles. The van der Waals surface area contributed by atoms with E-state index in [0.717, 1.165) is 6.54 Å². The van der Waals surface area contributed by atoms with Crippen molar-refractivity contribution in [2.24, 2.45) is 0 Å². The number of aliphatic hydroxyl groups is 1. The Morgan fingerprint density at radius 2 is 2.00 bits per heavy atom. The molecule has 0 aliphatic heterocycles. The molecule has 0 heterocycles. The van der Waals surface area contributed by atoms with Crippen molar-refractivity contribution in [1.82, 2.24) is 9.80 Å². The van der Waals surface area contributed by atoms with Crippen LogP contribution in [0.1, 0.15) is 6.92 Å². The van der Waals surface area contributed by atoms with Crippen LogP contribution in [0.4, 0.5) is 0 Å². The molecule has 1 N–H and O–H groups in total. The maximum Gasteiger partial charge on any atom is 0.236 e. The summed E-state index contributed by atoms with van der Waals surface area (Å²) in [6.07, 6.45) is 0. The number of rotatable bonds is 5. The zero-order valence-electron chi connectivity index (χ0n) is 8.08. The molecular weight excluding hydrogens is 156 g/mol. The Bertz CT molecular complexity index is 139. The summed E-state index contributed by atoms with van der Waals surface area (Å²) < 4.78 is 0. The highest BCUT2D eigenvalue weighted by Crippen LogP contribution is 1.87. The van der Waals surface area contributed by atoms with Crippen molar-refractivity contribution in [2.75, 3.05) is 40.3 Å². The SMILES string of the molecule is CCN(C)CC(=O)N(C)CCO. The van der Waals surface area contributed by atoms with E-state index in [2.05, 4.69) is 0 Å². The number of carbonyl (C=O) groups is 1. The zero-order chi connectivity index (χ0) is 9.56. The lowest BCUT2D eigenvalue weighted by Gasteiger charge is -2.19. The van der Waals surface area contributed by atoms with Gasteiger partial charge in [0, 0.05) is 13.6 Å². The van der Waals surface area contributed by atoms with Crippen LogP contribution in [0, 0.1) is 0 Å². The largest absolute Gasteiger partial charge is 0.395 e. The van der Waals surface area contributed by atoms with Crippen molar-refractivity contribution in [3.63, 3.8) is 0 Å². The number of carbonyl (C=O) groups excluding carboxylic acids is 1. The molecule has 4 nitrogen and oxygen atoms in total. The van der Waals surface area contributed by atoms with Gasteiger partial charge in [-0.25, -0.2) is 0 Å². The molecule has 0 aliphatic carbocycles. The van der Waals surface area contributed by atoms with Gasteiger partial charge in [-0.05, 0) is 13.6 Å². The summed E-state index contributed by atoms with van der Waals surface area (Å²) in [7, 11) is 3.59. The highest BCUT2D eigenvalue weighted by atomic mass is 16.3. The molecule has 12 heavy (non-hydrogen) atoms. The highest BCUT2D eigenvalue weighted by Gasteiger charge is 2.09. The van der Waals surface area contributed by atoms with Gasteiger partial charge in [0.15, 0.2) is 0 Å². The lowest BCUT2D eigenvalue weighted by atomic mass is 10.4. The number of aliphatic hydroxyl groups excluding tert-OH is 1. The summed E-state index contributed by atoms with van der Waals surface area (Å²) >= 11 is 0. The molecule has 0 radical (unpaired) electrons. The number of nitrogens with zero attached hydrogens (tertiary/aromatic N) is 2. The van der Waals surface area contributed by atoms with Crippen LogP contribution in [0.2, 0.25) is 0 Å². The predicted octanol–water partition coefficient (Wildman–Crippen LogP) is -0.611. The molecule has 0 aliphatic rings. The van der Waals surface area contributed by atoms with E-state index in [1.807, 2.05) is 18.9 Å². The summed E-state index contributed by atoms with van der Waals surface area (Å²) in [6, 6.07) is 0. The summed E-state index contributed by atoms with van der Waals surface area (Å²) in [5.74, 6) is 0.0494. The molecular formula is C8H18N2O2. The van der Waals surface area contributed by atoms with Crippen LogP contribution in [0.3, 0.4) is 0 Å². The minimum atomic E-state index is 0.0259. The molecule has 0 atom stereocenters. The second-order valence-corrected chi connectivity index (χ2v) is 2.87. The van der Waals surface area contributed by atoms with E-state index in [1.54, 1.807) is 7.05 Å². The van der Waals surface area contributed by atoms with Gasteiger partial charge in [0.25, 0.3) is 0 Å². The maximum atomic E-state index is 11.3. The number of hydrogen-bond donors (Lipinski definition) is 1. The number of amides is 1. The Hall–Kier alpha value is -0.610. The maximum absolute atomic E-state index is 11.3. The molecule has 0 rings (SSSR count). The Morgan fingerprint density at radius 3 is 2.42 bits per heavy atom. The minimum Gasteiger partial charge on any atom is -0.395 e. The topological polar surface area (TPSA) is 43.8 Å². The Balaban J connectivity index is 3.70. The molecule has 0 unspecified atom stereocenters. The van der Waals surface area contributed by atoms with Gasteiger partial charge in [0.05, 0.1) is 13.2 Å². The van der Waals surface area contributed by atoms with Crippen molar-refractivity contribution in [2.45, 2.75) is 6.92 Å². The van der Waals surface area contributed by atoms with E-state index in [1.165, 1.54) is 4.90 Å². The summed E-state index contributed by atoms with van der Waals surface area (Å²) in [6.45, 7) is 3.72. The van der Waals surface area contributed by atoms with E-state index >= 15 is 0 Å². The molecule has 0 aromatic carbocycles. The highest BCUT2D eigenvalue weighted by molar-refractivity contribution is 5.77. The van der Waals surface area contributed by atoms with Crippen LogP contribution < -0.4 is 0 Å². The molecule has 1 amide bonds. The summed E-state index contributed by atoms with van der Waals surface area (Å²) in [5, 5.41) is 8.57. The summed E-state index contributed by atoms with van der Waals surface area (Å²) in [4.78, 5) is 14.7. The summed E-state index contributed by atoms with van der Waals surface area (Å²) in [5.41, 5.74) is 0. The third kappa shape index (κ3) is 4.31. The fraction of sp³-hybridized carbons (Fsp3) is 0.875. The second kappa shape index (κ2) is 5.97. The Labute approximate surface area is 73.8 Å². The van der Waals surface area contributed by atoms with Crippen LogP contribution in [-0.2, 0) is 4.79 Å². The van der Waals surface area contributed by atoms with Gasteiger partial charge in [-0.15, -0.1) is 0 Å². The first kappa shape index (κ1) is 11.4. The fourth-order valence-corrected chi connectivity index (χ4v) is 0.738. The number of likely N-dealkylation sites (N-methyl/N-ethyl adjacent to an activating group) is 2. The average Bonchev–Trinajstić information content (AvgIpc) is 2.04. The molecule has 0 bridgehead atoms. The van der Waals surface area contributed by atoms with Crippen molar-refractivity contribution in [3.05, 3.63) is 0 Å². The quantitative estimate of drug-likeness (QED) is 0.604. The predicted molar refractivity (Wildman–Crippen MR) is 47.9 cm³/mol. The van der Waals surface area contributed by atoms with E-state index in [4.69, 9.17) is 5.11 Å². The first-order chi connectivity index (χ1) is 5.61. The molecule has 0 spiro atoms. The van der Waals surface area contributed by atoms with Crippen molar-refractivity contribution < 1.29 is 9.90 Å². The van der Waals surface area contributed by atoms with Crippen LogP contribution >= 0.6 is 0 Å². The van der Waals surface area contributed by atoms with Crippen molar-refractivity contribution >= 4 is 5.91 Å². The van der Waals surface area contributed by atoms with Crippen molar-refractivity contribution in [1.29, 1.82) is 0 Å². The third-order valence-corrected chi connectivity index (χ3v) is 1.81. The van der Waals surface area contributed by atoms with Crippen LogP contribution in [0.15, 0.2) is 0 Å². The Morgan fingerprint density at radius 1 is 1.42 bits per heavy atom. The molecule has 72 valence electrons. The van der Waals surface area contributed by atoms with Gasteiger partial charge in [0.2, 0.25) is 5.91 Å². The third-order valence-electron chi connectivity index (χ3n) is 1.81. The lowest BCUT2D eigenvalue weighted by molar-refractivity contribution is -0.131. The van der Waals surface area contributed by atoms with Gasteiger partial charge in [-0.1, -0.05) is 6.92 Å². The Kier molecular flexibility index (Phi) is 5.66.